The van der Waals surface area contributed by atoms with E-state index in [4.69, 9.17) is 14.6 Å². The van der Waals surface area contributed by atoms with E-state index in [-0.39, 0.29) is 17.6 Å². The molecule has 0 bridgehead atoms. The summed E-state index contributed by atoms with van der Waals surface area (Å²) in [5, 5.41) is 9.14. The predicted octanol–water partition coefficient (Wildman–Crippen LogP) is 3.08. The van der Waals surface area contributed by atoms with Gasteiger partial charge in [-0.15, -0.1) is 0 Å². The van der Waals surface area contributed by atoms with Crippen molar-refractivity contribution in [3.63, 3.8) is 0 Å². The van der Waals surface area contributed by atoms with E-state index in [1.165, 1.54) is 12.1 Å². The Morgan fingerprint density at radius 1 is 1.15 bits per heavy atom. The topological polar surface area (TPSA) is 76.1 Å². The van der Waals surface area contributed by atoms with Gasteiger partial charge in [-0.25, -0.2) is 4.79 Å². The molecule has 3 rings (SSSR count). The van der Waals surface area contributed by atoms with Gasteiger partial charge in [-0.05, 0) is 44.2 Å². The Balaban J connectivity index is 1.71. The number of aromatic carboxylic acids is 1. The van der Waals surface area contributed by atoms with Gasteiger partial charge in [0.1, 0.15) is 18.5 Å². The molecule has 1 unspecified atom stereocenters. The number of benzene rings is 2. The fourth-order valence-electron chi connectivity index (χ4n) is 3.21. The molecule has 6 nitrogen and oxygen atoms in total. The van der Waals surface area contributed by atoms with Crippen molar-refractivity contribution in [1.29, 1.82) is 0 Å². The quantitative estimate of drug-likeness (QED) is 0.876. The van der Waals surface area contributed by atoms with Crippen LogP contribution in [0.4, 0.5) is 0 Å². The normalized spacial score (nSPS) is 18.7. The van der Waals surface area contributed by atoms with Crippen LogP contribution in [0.1, 0.15) is 34.6 Å². The third-order valence-electron chi connectivity index (χ3n) is 4.30. The molecule has 142 valence electrons. The molecule has 0 radical (unpaired) electrons. The highest BCUT2D eigenvalue weighted by Crippen LogP contribution is 2.24. The Kier molecular flexibility index (Phi) is 5.46. The van der Waals surface area contributed by atoms with Gasteiger partial charge in [-0.3, -0.25) is 4.79 Å². The van der Waals surface area contributed by atoms with E-state index < -0.39 is 11.6 Å². The van der Waals surface area contributed by atoms with Gasteiger partial charge in [0, 0.05) is 12.1 Å². The number of carbonyl (C=O) groups excluding carboxylic acids is 1. The molecule has 0 aromatic heterocycles. The number of carbonyl (C=O) groups is 2. The molecule has 6 heteroatoms. The number of carboxylic acids is 1. The van der Waals surface area contributed by atoms with E-state index in [1.54, 1.807) is 17.0 Å². The number of para-hydroxylation sites is 1. The van der Waals surface area contributed by atoms with Crippen LogP contribution >= 0.6 is 0 Å². The lowest BCUT2D eigenvalue weighted by Gasteiger charge is -2.42. The summed E-state index contributed by atoms with van der Waals surface area (Å²) in [5.74, 6) is -0.517. The van der Waals surface area contributed by atoms with Crippen LogP contribution < -0.4 is 4.74 Å². The highest BCUT2D eigenvalue weighted by Gasteiger charge is 2.36. The standard InChI is InChI=1S/C21H23NO5/c1-21(2)14-22(19(23)15-7-6-8-16(11-15)20(24)25)12-18(27-21)13-26-17-9-4-3-5-10-17/h3-11,18H,12-14H2,1-2H3,(H,24,25). The summed E-state index contributed by atoms with van der Waals surface area (Å²) >= 11 is 0. The molecule has 2 aromatic rings. The van der Waals surface area contributed by atoms with E-state index in [2.05, 4.69) is 0 Å². The molecular formula is C21H23NO5. The van der Waals surface area contributed by atoms with Crippen LogP contribution in [0.5, 0.6) is 5.75 Å². The minimum atomic E-state index is -1.05. The highest BCUT2D eigenvalue weighted by molar-refractivity contribution is 5.97. The summed E-state index contributed by atoms with van der Waals surface area (Å²) in [6.07, 6.45) is -0.277. The molecule has 1 amide bonds. The molecule has 1 atom stereocenters. The van der Waals surface area contributed by atoms with Crippen molar-refractivity contribution >= 4 is 11.9 Å². The molecule has 1 heterocycles. The molecule has 27 heavy (non-hydrogen) atoms. The molecule has 0 saturated carbocycles. The molecule has 0 spiro atoms. The number of hydrogen-bond donors (Lipinski definition) is 1. The van der Waals surface area contributed by atoms with E-state index in [9.17, 15) is 9.59 Å². The number of morpholine rings is 1. The number of ether oxygens (including phenoxy) is 2. The van der Waals surface area contributed by atoms with Crippen molar-refractivity contribution < 1.29 is 24.2 Å². The van der Waals surface area contributed by atoms with Gasteiger partial charge in [-0.2, -0.15) is 0 Å². The molecule has 1 aliphatic rings. The second-order valence-electron chi connectivity index (χ2n) is 7.20. The summed E-state index contributed by atoms with van der Waals surface area (Å²) in [4.78, 5) is 25.8. The lowest BCUT2D eigenvalue weighted by atomic mass is 10.0. The van der Waals surface area contributed by atoms with E-state index >= 15 is 0 Å². The van der Waals surface area contributed by atoms with Gasteiger partial charge in [0.15, 0.2) is 0 Å². The molecule has 1 aliphatic heterocycles. The zero-order valence-corrected chi connectivity index (χ0v) is 15.4. The van der Waals surface area contributed by atoms with Gasteiger partial charge in [0.05, 0.1) is 17.7 Å². The molecule has 0 aliphatic carbocycles. The maximum absolute atomic E-state index is 12.9. The summed E-state index contributed by atoms with van der Waals surface area (Å²) in [7, 11) is 0. The first-order chi connectivity index (χ1) is 12.8. The van der Waals surface area contributed by atoms with Gasteiger partial charge < -0.3 is 19.5 Å². The maximum Gasteiger partial charge on any atom is 0.335 e. The Hall–Kier alpha value is -2.86. The second kappa shape index (κ2) is 7.80. The minimum Gasteiger partial charge on any atom is -0.491 e. The number of nitrogens with zero attached hydrogens (tertiary/aromatic N) is 1. The zero-order chi connectivity index (χ0) is 19.4. The van der Waals surface area contributed by atoms with Crippen molar-refractivity contribution in [2.24, 2.45) is 0 Å². The SMILES string of the molecule is CC1(C)CN(C(=O)c2cccc(C(=O)O)c2)CC(COc2ccccc2)O1. The lowest BCUT2D eigenvalue weighted by molar-refractivity contribution is -0.136. The maximum atomic E-state index is 12.9. The Morgan fingerprint density at radius 2 is 1.85 bits per heavy atom. The Bertz CT molecular complexity index is 818. The summed E-state index contributed by atoms with van der Waals surface area (Å²) < 4.78 is 11.8. The number of rotatable bonds is 5. The highest BCUT2D eigenvalue weighted by atomic mass is 16.5. The Morgan fingerprint density at radius 3 is 2.56 bits per heavy atom. The number of carboxylic acid groups (broad SMARTS) is 1. The molecule has 1 saturated heterocycles. The summed E-state index contributed by atoms with van der Waals surface area (Å²) in [6.45, 7) is 4.98. The average Bonchev–Trinajstić information content (AvgIpc) is 2.65. The average molecular weight is 369 g/mol. The molecule has 2 aromatic carbocycles. The third-order valence-corrected chi connectivity index (χ3v) is 4.30. The molecule has 1 N–H and O–H groups in total. The van der Waals surface area contributed by atoms with Crippen molar-refractivity contribution in [2.45, 2.75) is 25.6 Å². The fourth-order valence-corrected chi connectivity index (χ4v) is 3.21. The first kappa shape index (κ1) is 18.9. The predicted molar refractivity (Wildman–Crippen MR) is 100 cm³/mol. The monoisotopic (exact) mass is 369 g/mol. The van der Waals surface area contributed by atoms with E-state index in [0.717, 1.165) is 5.75 Å². The molecular weight excluding hydrogens is 346 g/mol. The van der Waals surface area contributed by atoms with E-state index in [1.807, 2.05) is 44.2 Å². The van der Waals surface area contributed by atoms with Gasteiger partial charge in [-0.1, -0.05) is 24.3 Å². The van der Waals surface area contributed by atoms with Crippen molar-refractivity contribution in [1.82, 2.24) is 4.90 Å². The van der Waals surface area contributed by atoms with E-state index in [0.29, 0.717) is 25.3 Å². The van der Waals surface area contributed by atoms with Crippen LogP contribution in [0.15, 0.2) is 54.6 Å². The largest absolute Gasteiger partial charge is 0.491 e. The zero-order valence-electron chi connectivity index (χ0n) is 15.4. The minimum absolute atomic E-state index is 0.0948. The van der Waals surface area contributed by atoms with Crippen LogP contribution in [-0.2, 0) is 4.74 Å². The second-order valence-corrected chi connectivity index (χ2v) is 7.20. The van der Waals surface area contributed by atoms with Gasteiger partial charge in [0.2, 0.25) is 0 Å². The lowest BCUT2D eigenvalue weighted by Crippen LogP contribution is -2.56. The van der Waals surface area contributed by atoms with Crippen LogP contribution in [0.2, 0.25) is 0 Å². The van der Waals surface area contributed by atoms with Gasteiger partial charge in [0.25, 0.3) is 5.91 Å². The van der Waals surface area contributed by atoms with Gasteiger partial charge >= 0.3 is 5.97 Å². The summed E-state index contributed by atoms with van der Waals surface area (Å²) in [6, 6.07) is 15.5. The first-order valence-electron chi connectivity index (χ1n) is 8.82. The first-order valence-corrected chi connectivity index (χ1v) is 8.82. The van der Waals surface area contributed by atoms with Crippen molar-refractivity contribution in [2.75, 3.05) is 19.7 Å². The smallest absolute Gasteiger partial charge is 0.335 e. The van der Waals surface area contributed by atoms with Crippen molar-refractivity contribution in [3.05, 3.63) is 65.7 Å². The van der Waals surface area contributed by atoms with Crippen molar-refractivity contribution in [3.8, 4) is 5.75 Å². The number of amides is 1. The Labute approximate surface area is 158 Å². The fraction of sp³-hybridized carbons (Fsp3) is 0.333. The van der Waals surface area contributed by atoms with Crippen LogP contribution in [0, 0.1) is 0 Å². The van der Waals surface area contributed by atoms with Crippen LogP contribution in [-0.4, -0.2) is 53.3 Å². The third kappa shape index (κ3) is 4.86. The summed E-state index contributed by atoms with van der Waals surface area (Å²) in [5.41, 5.74) is -0.0732. The van der Waals surface area contributed by atoms with Crippen LogP contribution in [0.25, 0.3) is 0 Å². The number of hydrogen-bond acceptors (Lipinski definition) is 4. The van der Waals surface area contributed by atoms with Crippen LogP contribution in [0.3, 0.4) is 0 Å². The molecule has 1 fully saturated rings.